The topological polar surface area (TPSA) is 102 Å². The van der Waals surface area contributed by atoms with E-state index in [4.69, 9.17) is 14.7 Å². The van der Waals surface area contributed by atoms with Gasteiger partial charge in [0.05, 0.1) is 24.1 Å². The fourth-order valence-electron chi connectivity index (χ4n) is 2.72. The second kappa shape index (κ2) is 9.80. The molecule has 0 aliphatic rings. The largest absolute Gasteiger partial charge is 0.497 e. The molecule has 1 N–H and O–H groups in total. The van der Waals surface area contributed by atoms with E-state index < -0.39 is 0 Å². The van der Waals surface area contributed by atoms with Gasteiger partial charge in [-0.15, -0.1) is 10.2 Å². The summed E-state index contributed by atoms with van der Waals surface area (Å²) in [6, 6.07) is 16.2. The van der Waals surface area contributed by atoms with Gasteiger partial charge in [0.1, 0.15) is 17.6 Å². The van der Waals surface area contributed by atoms with E-state index in [-0.39, 0.29) is 17.8 Å². The molecule has 0 fully saturated rings. The summed E-state index contributed by atoms with van der Waals surface area (Å²) in [7, 11) is 3.44. The average molecular weight is 423 g/mol. The first-order valence-corrected chi connectivity index (χ1v) is 10.1. The Balaban J connectivity index is 1.59. The molecule has 1 unspecified atom stereocenters. The first kappa shape index (κ1) is 21.2. The lowest BCUT2D eigenvalue weighted by atomic mass is 10.2. The maximum Gasteiger partial charge on any atom is 0.234 e. The number of nitrogens with zero attached hydrogens (tertiary/aromatic N) is 4. The van der Waals surface area contributed by atoms with E-state index in [1.807, 2.05) is 38.2 Å². The lowest BCUT2D eigenvalue weighted by Gasteiger charge is -2.14. The molecule has 0 aliphatic carbocycles. The van der Waals surface area contributed by atoms with Crippen LogP contribution in [0.2, 0.25) is 0 Å². The molecule has 0 saturated carbocycles. The minimum atomic E-state index is -0.332. The highest BCUT2D eigenvalue weighted by Gasteiger charge is 2.18. The molecule has 3 rings (SSSR count). The highest BCUT2D eigenvalue weighted by atomic mass is 32.2. The second-order valence-electron chi connectivity index (χ2n) is 6.33. The van der Waals surface area contributed by atoms with Crippen molar-refractivity contribution in [2.24, 2.45) is 7.05 Å². The van der Waals surface area contributed by atoms with Gasteiger partial charge in [-0.2, -0.15) is 5.26 Å². The Kier molecular flexibility index (Phi) is 6.93. The number of ether oxygens (including phenoxy) is 2. The van der Waals surface area contributed by atoms with Crippen molar-refractivity contribution in [2.45, 2.75) is 18.2 Å². The molecule has 1 aromatic heterocycles. The molecule has 1 amide bonds. The van der Waals surface area contributed by atoms with Gasteiger partial charge < -0.3 is 19.4 Å². The van der Waals surface area contributed by atoms with E-state index in [0.29, 0.717) is 28.0 Å². The molecule has 0 bridgehead atoms. The third-order valence-corrected chi connectivity index (χ3v) is 5.28. The zero-order valence-corrected chi connectivity index (χ0v) is 17.6. The van der Waals surface area contributed by atoms with Gasteiger partial charge in [-0.3, -0.25) is 4.79 Å². The van der Waals surface area contributed by atoms with Crippen LogP contribution in [0.4, 0.5) is 5.69 Å². The molecule has 3 aromatic rings. The maximum absolute atomic E-state index is 12.3. The molecule has 0 spiro atoms. The van der Waals surface area contributed by atoms with E-state index in [0.717, 1.165) is 5.75 Å². The van der Waals surface area contributed by atoms with Crippen molar-refractivity contribution in [1.29, 1.82) is 5.26 Å². The number of nitrogens with one attached hydrogen (secondary N) is 1. The Bertz CT molecular complexity index is 1060. The number of carbonyl (C=O) groups excluding carboxylic acids is 1. The SMILES string of the molecule is COc1ccc(OC(C)c2nnc(SCC(=O)Nc3ccccc3C#N)n2C)cc1. The summed E-state index contributed by atoms with van der Waals surface area (Å²) >= 11 is 1.26. The van der Waals surface area contributed by atoms with Crippen molar-refractivity contribution >= 4 is 23.4 Å². The summed E-state index contributed by atoms with van der Waals surface area (Å²) in [5, 5.41) is 20.8. The van der Waals surface area contributed by atoms with Gasteiger partial charge in [-0.05, 0) is 43.3 Å². The predicted octanol–water partition coefficient (Wildman–Crippen LogP) is 3.57. The Hall–Kier alpha value is -3.51. The summed E-state index contributed by atoms with van der Waals surface area (Å²) in [6.07, 6.45) is -0.332. The summed E-state index contributed by atoms with van der Waals surface area (Å²) in [5.41, 5.74) is 0.909. The predicted molar refractivity (Wildman–Crippen MR) is 114 cm³/mol. The Morgan fingerprint density at radius 2 is 1.90 bits per heavy atom. The van der Waals surface area contributed by atoms with E-state index in [1.54, 1.807) is 35.9 Å². The third kappa shape index (κ3) is 5.10. The number of thioether (sulfide) groups is 1. The van der Waals surface area contributed by atoms with Crippen molar-refractivity contribution in [2.75, 3.05) is 18.2 Å². The van der Waals surface area contributed by atoms with Gasteiger partial charge in [-0.1, -0.05) is 23.9 Å². The number of hydrogen-bond donors (Lipinski definition) is 1. The number of amides is 1. The molecule has 1 heterocycles. The van der Waals surface area contributed by atoms with Gasteiger partial charge in [0.15, 0.2) is 17.1 Å². The van der Waals surface area contributed by atoms with E-state index in [2.05, 4.69) is 21.6 Å². The molecule has 2 aromatic carbocycles. The summed E-state index contributed by atoms with van der Waals surface area (Å²) in [5.74, 6) is 2.00. The van der Waals surface area contributed by atoms with Gasteiger partial charge in [0.2, 0.25) is 5.91 Å². The van der Waals surface area contributed by atoms with Crippen molar-refractivity contribution in [3.05, 3.63) is 59.9 Å². The summed E-state index contributed by atoms with van der Waals surface area (Å²) in [6.45, 7) is 1.88. The number of benzene rings is 2. The first-order valence-electron chi connectivity index (χ1n) is 9.13. The van der Waals surface area contributed by atoms with Crippen LogP contribution in [0.3, 0.4) is 0 Å². The first-order chi connectivity index (χ1) is 14.5. The van der Waals surface area contributed by atoms with Crippen LogP contribution in [0.15, 0.2) is 53.7 Å². The van der Waals surface area contributed by atoms with Crippen molar-refractivity contribution in [1.82, 2.24) is 14.8 Å². The monoisotopic (exact) mass is 423 g/mol. The molecule has 0 aliphatic heterocycles. The van der Waals surface area contributed by atoms with Gasteiger partial charge in [0.25, 0.3) is 0 Å². The lowest BCUT2D eigenvalue weighted by Crippen LogP contribution is -2.15. The van der Waals surface area contributed by atoms with Crippen LogP contribution in [0.1, 0.15) is 24.4 Å². The number of methoxy groups -OCH3 is 1. The van der Waals surface area contributed by atoms with Gasteiger partial charge in [0, 0.05) is 7.05 Å². The van der Waals surface area contributed by atoms with Crippen LogP contribution in [0, 0.1) is 11.3 Å². The molecule has 0 saturated heterocycles. The minimum absolute atomic E-state index is 0.138. The number of para-hydroxylation sites is 1. The zero-order chi connectivity index (χ0) is 21.5. The maximum atomic E-state index is 12.3. The van der Waals surface area contributed by atoms with E-state index in [9.17, 15) is 4.79 Å². The molecule has 1 atom stereocenters. The highest BCUT2D eigenvalue weighted by molar-refractivity contribution is 7.99. The smallest absolute Gasteiger partial charge is 0.234 e. The Morgan fingerprint density at radius 3 is 2.60 bits per heavy atom. The normalized spacial score (nSPS) is 11.4. The molecular weight excluding hydrogens is 402 g/mol. The quantitative estimate of drug-likeness (QED) is 0.553. The van der Waals surface area contributed by atoms with E-state index in [1.165, 1.54) is 11.8 Å². The molecule has 0 radical (unpaired) electrons. The standard InChI is InChI=1S/C21H21N5O3S/c1-14(29-17-10-8-16(28-3)9-11-17)20-24-25-21(26(20)2)30-13-19(27)23-18-7-5-4-6-15(18)12-22/h4-11,14H,13H2,1-3H3,(H,23,27). The lowest BCUT2D eigenvalue weighted by molar-refractivity contribution is -0.113. The fourth-order valence-corrected chi connectivity index (χ4v) is 3.44. The molecular formula is C21H21N5O3S. The number of rotatable bonds is 8. The van der Waals surface area contributed by atoms with E-state index >= 15 is 0 Å². The van der Waals surface area contributed by atoms with Crippen LogP contribution in [0.25, 0.3) is 0 Å². The van der Waals surface area contributed by atoms with Crippen LogP contribution in [0.5, 0.6) is 11.5 Å². The molecule has 30 heavy (non-hydrogen) atoms. The highest BCUT2D eigenvalue weighted by Crippen LogP contribution is 2.25. The van der Waals surface area contributed by atoms with Crippen LogP contribution < -0.4 is 14.8 Å². The number of nitriles is 1. The molecule has 9 heteroatoms. The Morgan fingerprint density at radius 1 is 1.20 bits per heavy atom. The molecule has 154 valence electrons. The zero-order valence-electron chi connectivity index (χ0n) is 16.8. The van der Waals surface area contributed by atoms with Gasteiger partial charge >= 0.3 is 0 Å². The average Bonchev–Trinajstić information content (AvgIpc) is 3.13. The van der Waals surface area contributed by atoms with Gasteiger partial charge in [-0.25, -0.2) is 0 Å². The van der Waals surface area contributed by atoms with Crippen LogP contribution in [-0.4, -0.2) is 33.5 Å². The third-order valence-electron chi connectivity index (χ3n) is 4.26. The summed E-state index contributed by atoms with van der Waals surface area (Å²) in [4.78, 5) is 12.3. The van der Waals surface area contributed by atoms with Crippen molar-refractivity contribution in [3.8, 4) is 17.6 Å². The number of carbonyl (C=O) groups is 1. The fraction of sp³-hybridized carbons (Fsp3) is 0.238. The number of hydrogen-bond acceptors (Lipinski definition) is 7. The number of aromatic nitrogens is 3. The minimum Gasteiger partial charge on any atom is -0.497 e. The Labute approximate surface area is 178 Å². The van der Waals surface area contributed by atoms with Crippen LogP contribution in [-0.2, 0) is 11.8 Å². The van der Waals surface area contributed by atoms with Crippen LogP contribution >= 0.6 is 11.8 Å². The van der Waals surface area contributed by atoms with Crippen molar-refractivity contribution in [3.63, 3.8) is 0 Å². The van der Waals surface area contributed by atoms with Crippen molar-refractivity contribution < 1.29 is 14.3 Å². The molecule has 8 nitrogen and oxygen atoms in total. The summed E-state index contributed by atoms with van der Waals surface area (Å²) < 4.78 is 12.9. The second-order valence-corrected chi connectivity index (χ2v) is 7.27. The number of anilines is 1.